The predicted molar refractivity (Wildman–Crippen MR) is 52.8 cm³/mol. The van der Waals surface area contributed by atoms with Gasteiger partial charge >= 0.3 is 5.97 Å². The highest BCUT2D eigenvalue weighted by Gasteiger charge is 2.14. The number of non-ortho nitro benzene ring substituents is 1. The molecular formula is C9H10N2O4. The molecule has 6 heteroatoms. The largest absolute Gasteiger partial charge is 0.478 e. The summed E-state index contributed by atoms with van der Waals surface area (Å²) < 4.78 is 0. The molecular weight excluding hydrogens is 200 g/mol. The smallest absolute Gasteiger partial charge is 0.336 e. The van der Waals surface area contributed by atoms with E-state index in [9.17, 15) is 14.9 Å². The van der Waals surface area contributed by atoms with E-state index < -0.39 is 10.9 Å². The summed E-state index contributed by atoms with van der Waals surface area (Å²) in [4.78, 5) is 20.6. The average molecular weight is 210 g/mol. The summed E-state index contributed by atoms with van der Waals surface area (Å²) in [6.45, 7) is 0.304. The first-order chi connectivity index (χ1) is 7.06. The normalized spacial score (nSPS) is 9.93. The molecule has 6 nitrogen and oxygen atoms in total. The first kappa shape index (κ1) is 11.1. The van der Waals surface area contributed by atoms with Gasteiger partial charge in [0, 0.05) is 12.1 Å². The van der Waals surface area contributed by atoms with Crippen molar-refractivity contribution in [1.82, 2.24) is 0 Å². The van der Waals surface area contributed by atoms with Gasteiger partial charge in [-0.05, 0) is 18.5 Å². The number of carboxylic acids is 1. The van der Waals surface area contributed by atoms with Gasteiger partial charge in [0.05, 0.1) is 10.5 Å². The minimum atomic E-state index is -1.18. The third kappa shape index (κ3) is 2.50. The molecule has 1 rings (SSSR count). The van der Waals surface area contributed by atoms with Crippen molar-refractivity contribution in [2.24, 2.45) is 5.73 Å². The van der Waals surface area contributed by atoms with Gasteiger partial charge in [0.2, 0.25) is 0 Å². The van der Waals surface area contributed by atoms with Gasteiger partial charge in [-0.1, -0.05) is 6.07 Å². The van der Waals surface area contributed by atoms with Crippen LogP contribution in [-0.4, -0.2) is 22.5 Å². The highest BCUT2D eigenvalue weighted by Crippen LogP contribution is 2.18. The Morgan fingerprint density at radius 3 is 2.67 bits per heavy atom. The minimum Gasteiger partial charge on any atom is -0.478 e. The number of nitrogens with zero attached hydrogens (tertiary/aromatic N) is 1. The molecule has 0 aromatic heterocycles. The zero-order valence-electron chi connectivity index (χ0n) is 7.84. The summed E-state index contributed by atoms with van der Waals surface area (Å²) in [5, 5.41) is 19.3. The van der Waals surface area contributed by atoms with Gasteiger partial charge in [0.25, 0.3) is 5.69 Å². The molecule has 0 aliphatic carbocycles. The van der Waals surface area contributed by atoms with Crippen molar-refractivity contribution < 1.29 is 14.8 Å². The highest BCUT2D eigenvalue weighted by atomic mass is 16.6. The Hall–Kier alpha value is -1.95. The van der Waals surface area contributed by atoms with E-state index in [1.165, 1.54) is 12.1 Å². The van der Waals surface area contributed by atoms with E-state index in [4.69, 9.17) is 10.8 Å². The molecule has 0 aliphatic heterocycles. The van der Waals surface area contributed by atoms with Crippen molar-refractivity contribution in [2.45, 2.75) is 6.42 Å². The minimum absolute atomic E-state index is 0.0605. The molecule has 0 heterocycles. The van der Waals surface area contributed by atoms with E-state index in [2.05, 4.69) is 0 Å². The Balaban J connectivity index is 3.20. The van der Waals surface area contributed by atoms with Crippen molar-refractivity contribution in [2.75, 3.05) is 6.54 Å². The van der Waals surface area contributed by atoms with Gasteiger partial charge in [-0.2, -0.15) is 0 Å². The Bertz CT molecular complexity index is 403. The first-order valence-electron chi connectivity index (χ1n) is 4.27. The van der Waals surface area contributed by atoms with Crippen molar-refractivity contribution in [3.05, 3.63) is 39.4 Å². The summed E-state index contributed by atoms with van der Waals surface area (Å²) in [6.07, 6.45) is 0.389. The average Bonchev–Trinajstić information content (AvgIpc) is 2.18. The van der Waals surface area contributed by atoms with Crippen LogP contribution in [0, 0.1) is 10.1 Å². The van der Waals surface area contributed by atoms with Crippen LogP contribution in [0.1, 0.15) is 15.9 Å². The molecule has 0 atom stereocenters. The second kappa shape index (κ2) is 4.52. The zero-order valence-corrected chi connectivity index (χ0v) is 7.84. The fourth-order valence-corrected chi connectivity index (χ4v) is 1.25. The second-order valence-corrected chi connectivity index (χ2v) is 2.94. The lowest BCUT2D eigenvalue weighted by molar-refractivity contribution is -0.384. The van der Waals surface area contributed by atoms with Crippen molar-refractivity contribution in [1.29, 1.82) is 0 Å². The maximum absolute atomic E-state index is 10.8. The molecule has 1 aromatic rings. The van der Waals surface area contributed by atoms with Crippen molar-refractivity contribution >= 4 is 11.7 Å². The molecule has 1 aromatic carbocycles. The van der Waals surface area contributed by atoms with E-state index in [0.717, 1.165) is 6.07 Å². The van der Waals surface area contributed by atoms with Gasteiger partial charge in [-0.3, -0.25) is 10.1 Å². The monoisotopic (exact) mass is 210 g/mol. The van der Waals surface area contributed by atoms with E-state index in [1.807, 2.05) is 0 Å². The predicted octanol–water partition coefficient (Wildman–Crippen LogP) is 0.794. The Kier molecular flexibility index (Phi) is 3.35. The maximum Gasteiger partial charge on any atom is 0.336 e. The Morgan fingerprint density at radius 1 is 1.53 bits per heavy atom. The van der Waals surface area contributed by atoms with Crippen LogP contribution in [0.25, 0.3) is 0 Å². The number of carbonyl (C=O) groups is 1. The van der Waals surface area contributed by atoms with Gasteiger partial charge in [-0.25, -0.2) is 4.79 Å². The Morgan fingerprint density at radius 2 is 2.20 bits per heavy atom. The van der Waals surface area contributed by atoms with E-state index in [0.29, 0.717) is 18.5 Å². The highest BCUT2D eigenvalue weighted by molar-refractivity contribution is 5.90. The topological polar surface area (TPSA) is 106 Å². The van der Waals surface area contributed by atoms with Crippen LogP contribution in [0.4, 0.5) is 5.69 Å². The number of hydrogen-bond donors (Lipinski definition) is 2. The SMILES string of the molecule is NCCc1ccc([N+](=O)[O-])cc1C(=O)O. The third-order valence-corrected chi connectivity index (χ3v) is 1.95. The molecule has 80 valence electrons. The zero-order chi connectivity index (χ0) is 11.4. The third-order valence-electron chi connectivity index (χ3n) is 1.95. The molecule has 0 spiro atoms. The number of benzene rings is 1. The molecule has 0 bridgehead atoms. The van der Waals surface area contributed by atoms with Gasteiger partial charge < -0.3 is 10.8 Å². The molecule has 0 amide bonds. The standard InChI is InChI=1S/C9H10N2O4/c10-4-3-6-1-2-7(11(14)15)5-8(6)9(12)13/h1-2,5H,3-4,10H2,(H,12,13). The lowest BCUT2D eigenvalue weighted by atomic mass is 10.0. The maximum atomic E-state index is 10.8. The second-order valence-electron chi connectivity index (χ2n) is 2.94. The summed E-state index contributed by atoms with van der Waals surface area (Å²) in [5.74, 6) is -1.18. The van der Waals surface area contributed by atoms with Gasteiger partial charge in [0.15, 0.2) is 0 Å². The first-order valence-corrected chi connectivity index (χ1v) is 4.27. The van der Waals surface area contributed by atoms with Crippen LogP contribution in [0.3, 0.4) is 0 Å². The van der Waals surface area contributed by atoms with Crippen LogP contribution in [0.15, 0.2) is 18.2 Å². The quantitative estimate of drug-likeness (QED) is 0.564. The molecule has 0 unspecified atom stereocenters. The number of aromatic carboxylic acids is 1. The van der Waals surface area contributed by atoms with E-state index in [1.54, 1.807) is 0 Å². The molecule has 3 N–H and O–H groups in total. The Labute approximate surface area is 85.5 Å². The number of rotatable bonds is 4. The van der Waals surface area contributed by atoms with Gasteiger partial charge in [-0.15, -0.1) is 0 Å². The van der Waals surface area contributed by atoms with E-state index in [-0.39, 0.29) is 11.3 Å². The van der Waals surface area contributed by atoms with Crippen molar-refractivity contribution in [3.8, 4) is 0 Å². The molecule has 0 saturated carbocycles. The van der Waals surface area contributed by atoms with Crippen molar-refractivity contribution in [3.63, 3.8) is 0 Å². The van der Waals surface area contributed by atoms with Crippen LogP contribution >= 0.6 is 0 Å². The lowest BCUT2D eigenvalue weighted by Gasteiger charge is -2.03. The fourth-order valence-electron chi connectivity index (χ4n) is 1.25. The van der Waals surface area contributed by atoms with E-state index >= 15 is 0 Å². The van der Waals surface area contributed by atoms with Crippen LogP contribution in [0.5, 0.6) is 0 Å². The lowest BCUT2D eigenvalue weighted by Crippen LogP contribution is -2.09. The summed E-state index contributed by atoms with van der Waals surface area (Å²) >= 11 is 0. The molecule has 0 radical (unpaired) electrons. The number of nitrogens with two attached hydrogens (primary N) is 1. The number of hydrogen-bond acceptors (Lipinski definition) is 4. The van der Waals surface area contributed by atoms with Crippen LogP contribution in [-0.2, 0) is 6.42 Å². The summed E-state index contributed by atoms with van der Waals surface area (Å²) in [5.41, 5.74) is 5.52. The molecule has 0 aliphatic rings. The number of carboxylic acid groups (broad SMARTS) is 1. The molecule has 0 fully saturated rings. The molecule has 0 saturated heterocycles. The van der Waals surface area contributed by atoms with Gasteiger partial charge in [0.1, 0.15) is 0 Å². The van der Waals surface area contributed by atoms with Crippen LogP contribution < -0.4 is 5.73 Å². The van der Waals surface area contributed by atoms with Crippen LogP contribution in [0.2, 0.25) is 0 Å². The fraction of sp³-hybridized carbons (Fsp3) is 0.222. The summed E-state index contributed by atoms with van der Waals surface area (Å²) in [6, 6.07) is 3.75. The molecule has 15 heavy (non-hydrogen) atoms. The number of nitro groups is 1. The summed E-state index contributed by atoms with van der Waals surface area (Å²) in [7, 11) is 0. The number of nitro benzene ring substituents is 1.